The summed E-state index contributed by atoms with van der Waals surface area (Å²) >= 11 is 0. The number of hydrogen-bond acceptors (Lipinski definition) is 1. The second-order valence-corrected chi connectivity index (χ2v) is 6.21. The van der Waals surface area contributed by atoms with Gasteiger partial charge in [-0.3, -0.25) is 4.79 Å². The summed E-state index contributed by atoms with van der Waals surface area (Å²) in [6.07, 6.45) is 3.93. The highest BCUT2D eigenvalue weighted by Crippen LogP contribution is 2.34. The largest absolute Gasteiger partial charge is 0.299 e. The Hall–Kier alpha value is -1.25. The summed E-state index contributed by atoms with van der Waals surface area (Å²) in [7, 11) is 0. The smallest absolute Gasteiger partial charge is 0.162 e. The van der Waals surface area contributed by atoms with Crippen molar-refractivity contribution in [2.45, 2.75) is 46.0 Å². The van der Waals surface area contributed by atoms with E-state index < -0.39 is 11.6 Å². The van der Waals surface area contributed by atoms with Gasteiger partial charge in [0.15, 0.2) is 11.6 Å². The molecule has 1 aromatic carbocycles. The number of benzene rings is 1. The van der Waals surface area contributed by atoms with Crippen molar-refractivity contribution in [1.29, 1.82) is 0 Å². The number of rotatable bonds is 4. The molecule has 110 valence electrons. The Morgan fingerprint density at radius 1 is 1.20 bits per heavy atom. The maximum Gasteiger partial charge on any atom is 0.162 e. The van der Waals surface area contributed by atoms with Crippen LogP contribution in [0.1, 0.15) is 45.1 Å². The third-order valence-electron chi connectivity index (χ3n) is 4.57. The van der Waals surface area contributed by atoms with Gasteiger partial charge >= 0.3 is 0 Å². The molecule has 0 bridgehead atoms. The molecule has 1 fully saturated rings. The van der Waals surface area contributed by atoms with Crippen molar-refractivity contribution in [3.63, 3.8) is 0 Å². The Labute approximate surface area is 119 Å². The molecule has 0 N–H and O–H groups in total. The van der Waals surface area contributed by atoms with Gasteiger partial charge in [-0.25, -0.2) is 8.78 Å². The van der Waals surface area contributed by atoms with Crippen molar-refractivity contribution < 1.29 is 13.6 Å². The fourth-order valence-electron chi connectivity index (χ4n) is 3.12. The SMILES string of the molecule is CC(C)C1CCC(C(=O)Cc2cccc(F)c2F)CC1. The number of Topliss-reactive ketones (excluding diaryl/α,β-unsaturated/α-hetero) is 1. The molecule has 20 heavy (non-hydrogen) atoms. The molecule has 0 heterocycles. The van der Waals surface area contributed by atoms with Crippen molar-refractivity contribution >= 4 is 5.78 Å². The number of carbonyl (C=O) groups is 1. The zero-order valence-electron chi connectivity index (χ0n) is 12.2. The van der Waals surface area contributed by atoms with Gasteiger partial charge in [-0.2, -0.15) is 0 Å². The van der Waals surface area contributed by atoms with Crippen LogP contribution in [0.5, 0.6) is 0 Å². The van der Waals surface area contributed by atoms with E-state index in [1.807, 2.05) is 0 Å². The second-order valence-electron chi connectivity index (χ2n) is 6.21. The Kier molecular flexibility index (Phi) is 4.90. The predicted molar refractivity (Wildman–Crippen MR) is 75.4 cm³/mol. The van der Waals surface area contributed by atoms with E-state index in [2.05, 4.69) is 13.8 Å². The van der Waals surface area contributed by atoms with Gasteiger partial charge < -0.3 is 0 Å². The van der Waals surface area contributed by atoms with E-state index in [0.29, 0.717) is 11.8 Å². The number of hydrogen-bond donors (Lipinski definition) is 0. The molecule has 0 saturated heterocycles. The van der Waals surface area contributed by atoms with E-state index in [4.69, 9.17) is 0 Å². The van der Waals surface area contributed by atoms with Crippen molar-refractivity contribution in [2.24, 2.45) is 17.8 Å². The van der Waals surface area contributed by atoms with Crippen LogP contribution in [-0.4, -0.2) is 5.78 Å². The van der Waals surface area contributed by atoms with Crippen LogP contribution >= 0.6 is 0 Å². The standard InChI is InChI=1S/C17H22F2O/c1-11(2)12-6-8-13(9-7-12)16(20)10-14-4-3-5-15(18)17(14)19/h3-5,11-13H,6-10H2,1-2H3. The van der Waals surface area contributed by atoms with Gasteiger partial charge in [-0.15, -0.1) is 0 Å². The molecule has 3 heteroatoms. The number of carbonyl (C=O) groups excluding carboxylic acids is 1. The molecule has 0 spiro atoms. The molecule has 1 nitrogen and oxygen atoms in total. The molecule has 1 aliphatic rings. The molecular formula is C17H22F2O. The van der Waals surface area contributed by atoms with Crippen LogP contribution in [0, 0.1) is 29.4 Å². The summed E-state index contributed by atoms with van der Waals surface area (Å²) in [6, 6.07) is 4.03. The van der Waals surface area contributed by atoms with Crippen LogP contribution < -0.4 is 0 Å². The molecule has 1 aromatic rings. The minimum atomic E-state index is -0.878. The first-order valence-electron chi connectivity index (χ1n) is 7.44. The maximum absolute atomic E-state index is 13.6. The van der Waals surface area contributed by atoms with Crippen LogP contribution in [0.3, 0.4) is 0 Å². The molecule has 0 aromatic heterocycles. The zero-order valence-corrected chi connectivity index (χ0v) is 12.2. The van der Waals surface area contributed by atoms with Gasteiger partial charge in [0, 0.05) is 12.3 Å². The zero-order chi connectivity index (χ0) is 14.7. The van der Waals surface area contributed by atoms with Crippen LogP contribution in [-0.2, 0) is 11.2 Å². The maximum atomic E-state index is 13.6. The van der Waals surface area contributed by atoms with Crippen molar-refractivity contribution in [3.05, 3.63) is 35.4 Å². The van der Waals surface area contributed by atoms with Crippen LogP contribution in [0.15, 0.2) is 18.2 Å². The summed E-state index contributed by atoms with van der Waals surface area (Å²) < 4.78 is 26.7. The van der Waals surface area contributed by atoms with Crippen LogP contribution in [0.2, 0.25) is 0 Å². The molecule has 0 atom stereocenters. The fourth-order valence-corrected chi connectivity index (χ4v) is 3.12. The van der Waals surface area contributed by atoms with Crippen LogP contribution in [0.4, 0.5) is 8.78 Å². The minimum absolute atomic E-state index is 0.0145. The Balaban J connectivity index is 1.95. The average Bonchev–Trinajstić information content (AvgIpc) is 2.44. The van der Waals surface area contributed by atoms with Gasteiger partial charge in [0.25, 0.3) is 0 Å². The molecule has 2 rings (SSSR count). The first kappa shape index (κ1) is 15.1. The van der Waals surface area contributed by atoms with E-state index in [-0.39, 0.29) is 23.7 Å². The normalized spacial score (nSPS) is 23.1. The van der Waals surface area contributed by atoms with Crippen molar-refractivity contribution in [2.75, 3.05) is 0 Å². The molecular weight excluding hydrogens is 258 g/mol. The minimum Gasteiger partial charge on any atom is -0.299 e. The highest BCUT2D eigenvalue weighted by molar-refractivity contribution is 5.83. The fraction of sp³-hybridized carbons (Fsp3) is 0.588. The highest BCUT2D eigenvalue weighted by atomic mass is 19.2. The summed E-state index contributed by atoms with van der Waals surface area (Å²) in [5.41, 5.74) is 0.181. The summed E-state index contributed by atoms with van der Waals surface area (Å²) in [4.78, 5) is 12.2. The van der Waals surface area contributed by atoms with E-state index in [1.54, 1.807) is 0 Å². The van der Waals surface area contributed by atoms with Crippen molar-refractivity contribution in [3.8, 4) is 0 Å². The lowest BCUT2D eigenvalue weighted by molar-refractivity contribution is -0.123. The molecule has 1 aliphatic carbocycles. The monoisotopic (exact) mass is 280 g/mol. The van der Waals surface area contributed by atoms with E-state index >= 15 is 0 Å². The summed E-state index contributed by atoms with van der Waals surface area (Å²) in [5, 5.41) is 0. The lowest BCUT2D eigenvalue weighted by Gasteiger charge is -2.30. The number of halogens is 2. The Morgan fingerprint density at radius 2 is 1.85 bits per heavy atom. The highest BCUT2D eigenvalue weighted by Gasteiger charge is 2.28. The lowest BCUT2D eigenvalue weighted by atomic mass is 9.75. The topological polar surface area (TPSA) is 17.1 Å². The molecule has 0 amide bonds. The number of ketones is 1. The van der Waals surface area contributed by atoms with Gasteiger partial charge in [-0.1, -0.05) is 26.0 Å². The molecule has 0 unspecified atom stereocenters. The van der Waals surface area contributed by atoms with E-state index in [1.165, 1.54) is 12.1 Å². The first-order chi connectivity index (χ1) is 9.49. The average molecular weight is 280 g/mol. The van der Waals surface area contributed by atoms with Crippen molar-refractivity contribution in [1.82, 2.24) is 0 Å². The molecule has 0 aliphatic heterocycles. The Morgan fingerprint density at radius 3 is 2.45 bits per heavy atom. The first-order valence-corrected chi connectivity index (χ1v) is 7.44. The van der Waals surface area contributed by atoms with Crippen LogP contribution in [0.25, 0.3) is 0 Å². The van der Waals surface area contributed by atoms with E-state index in [9.17, 15) is 13.6 Å². The second kappa shape index (κ2) is 6.47. The predicted octanol–water partition coefficient (Wildman–Crippen LogP) is 4.54. The summed E-state index contributed by atoms with van der Waals surface area (Å²) in [5.74, 6) is -0.323. The lowest BCUT2D eigenvalue weighted by Crippen LogP contribution is -2.25. The van der Waals surface area contributed by atoms with Gasteiger partial charge in [0.2, 0.25) is 0 Å². The van der Waals surface area contributed by atoms with Gasteiger partial charge in [0.05, 0.1) is 0 Å². The van der Waals surface area contributed by atoms with E-state index in [0.717, 1.165) is 31.7 Å². The van der Waals surface area contributed by atoms with Gasteiger partial charge in [0.1, 0.15) is 5.78 Å². The quantitative estimate of drug-likeness (QED) is 0.791. The third-order valence-corrected chi connectivity index (χ3v) is 4.57. The Bertz CT molecular complexity index is 474. The molecule has 0 radical (unpaired) electrons. The summed E-state index contributed by atoms with van der Waals surface area (Å²) in [6.45, 7) is 4.43. The third kappa shape index (κ3) is 3.44. The van der Waals surface area contributed by atoms with Gasteiger partial charge in [-0.05, 0) is 49.1 Å². The molecule has 1 saturated carbocycles.